The number of methoxy groups -OCH3 is 1. The Balaban J connectivity index is 1.89. The van der Waals surface area contributed by atoms with E-state index in [1.54, 1.807) is 48.5 Å². The van der Waals surface area contributed by atoms with E-state index in [1.165, 1.54) is 13.2 Å². The van der Waals surface area contributed by atoms with Gasteiger partial charge in [-0.2, -0.15) is 0 Å². The van der Waals surface area contributed by atoms with Gasteiger partial charge in [0.25, 0.3) is 11.8 Å². The Morgan fingerprint density at radius 1 is 1.03 bits per heavy atom. The molecular formula is C24H24N2O6. The van der Waals surface area contributed by atoms with Crippen LogP contribution in [0.15, 0.2) is 60.7 Å². The first-order valence-electron chi connectivity index (χ1n) is 10.0. The number of imide groups is 2. The zero-order valence-electron chi connectivity index (χ0n) is 17.9. The molecule has 0 aromatic heterocycles. The predicted molar refractivity (Wildman–Crippen MR) is 120 cm³/mol. The normalized spacial score (nSPS) is 14.9. The van der Waals surface area contributed by atoms with Gasteiger partial charge in [-0.15, -0.1) is 0 Å². The molecule has 1 aliphatic rings. The minimum absolute atomic E-state index is 0.183. The maximum absolute atomic E-state index is 13.0. The first-order valence-corrected chi connectivity index (χ1v) is 10.0. The molecule has 8 nitrogen and oxygen atoms in total. The first kappa shape index (κ1) is 22.6. The van der Waals surface area contributed by atoms with Gasteiger partial charge in [-0.1, -0.05) is 25.6 Å². The molecule has 0 spiro atoms. The fourth-order valence-corrected chi connectivity index (χ4v) is 3.01. The summed E-state index contributed by atoms with van der Waals surface area (Å²) in [7, 11) is 1.49. The van der Waals surface area contributed by atoms with E-state index in [1.807, 2.05) is 6.92 Å². The van der Waals surface area contributed by atoms with Crippen LogP contribution >= 0.6 is 0 Å². The van der Waals surface area contributed by atoms with E-state index in [0.717, 1.165) is 11.3 Å². The number of hydrogen-bond donors (Lipinski definition) is 1. The van der Waals surface area contributed by atoms with Crippen LogP contribution in [0, 0.1) is 0 Å². The smallest absolute Gasteiger partial charge is 0.335 e. The molecule has 8 heteroatoms. The summed E-state index contributed by atoms with van der Waals surface area (Å²) < 4.78 is 16.4. The minimum atomic E-state index is -0.815. The molecule has 0 radical (unpaired) electrons. The summed E-state index contributed by atoms with van der Waals surface area (Å²) in [5.74, 6) is 0.0480. The molecule has 4 amide bonds. The molecule has 0 saturated carbocycles. The lowest BCUT2D eigenvalue weighted by atomic mass is 10.1. The number of ether oxygens (including phenoxy) is 3. The molecule has 1 N–H and O–H groups in total. The van der Waals surface area contributed by atoms with Gasteiger partial charge in [0.1, 0.15) is 17.9 Å². The molecule has 1 heterocycles. The average Bonchev–Trinajstić information content (AvgIpc) is 2.80. The van der Waals surface area contributed by atoms with Crippen LogP contribution in [-0.2, 0) is 9.59 Å². The number of nitrogens with zero attached hydrogens (tertiary/aromatic N) is 1. The van der Waals surface area contributed by atoms with Crippen molar-refractivity contribution in [1.82, 2.24) is 5.32 Å². The largest absolute Gasteiger partial charge is 0.494 e. The lowest BCUT2D eigenvalue weighted by Gasteiger charge is -2.26. The highest BCUT2D eigenvalue weighted by Gasteiger charge is 2.36. The van der Waals surface area contributed by atoms with Crippen LogP contribution in [-0.4, -0.2) is 38.2 Å². The fraction of sp³-hybridized carbons (Fsp3) is 0.208. The highest BCUT2D eigenvalue weighted by Crippen LogP contribution is 2.30. The Hall–Kier alpha value is -4.07. The van der Waals surface area contributed by atoms with E-state index in [0.29, 0.717) is 41.7 Å². The maximum Gasteiger partial charge on any atom is 0.335 e. The van der Waals surface area contributed by atoms with Crippen LogP contribution in [0.2, 0.25) is 0 Å². The van der Waals surface area contributed by atoms with Gasteiger partial charge >= 0.3 is 6.03 Å². The van der Waals surface area contributed by atoms with Gasteiger partial charge in [0.05, 0.1) is 19.4 Å². The van der Waals surface area contributed by atoms with Crippen LogP contribution in [0.1, 0.15) is 18.9 Å². The summed E-state index contributed by atoms with van der Waals surface area (Å²) in [6.45, 7) is 6.46. The lowest BCUT2D eigenvalue weighted by Crippen LogP contribution is -2.54. The molecule has 3 rings (SSSR count). The molecule has 0 unspecified atom stereocenters. The number of carbonyl (C=O) groups is 3. The summed E-state index contributed by atoms with van der Waals surface area (Å²) in [5, 5.41) is 2.21. The number of rotatable bonds is 9. The van der Waals surface area contributed by atoms with Crippen LogP contribution in [0.4, 0.5) is 10.5 Å². The van der Waals surface area contributed by atoms with Crippen molar-refractivity contribution in [1.29, 1.82) is 0 Å². The number of amides is 4. The van der Waals surface area contributed by atoms with Gasteiger partial charge in [0, 0.05) is 0 Å². The number of nitrogens with one attached hydrogen (secondary N) is 1. The molecule has 1 fully saturated rings. The van der Waals surface area contributed by atoms with Crippen LogP contribution in [0.25, 0.3) is 6.08 Å². The van der Waals surface area contributed by atoms with Crippen molar-refractivity contribution in [3.8, 4) is 17.2 Å². The average molecular weight is 436 g/mol. The summed E-state index contributed by atoms with van der Waals surface area (Å²) >= 11 is 0. The van der Waals surface area contributed by atoms with E-state index in [4.69, 9.17) is 14.2 Å². The SMILES string of the molecule is C=CCOc1ccc(/C=C2/C(=O)NC(=O)N(c3ccc(OCCC)cc3)C2=O)cc1OC. The molecule has 166 valence electrons. The summed E-state index contributed by atoms with van der Waals surface area (Å²) in [4.78, 5) is 38.7. The summed E-state index contributed by atoms with van der Waals surface area (Å²) in [6, 6.07) is 10.7. The fourth-order valence-electron chi connectivity index (χ4n) is 3.01. The van der Waals surface area contributed by atoms with E-state index < -0.39 is 17.8 Å². The Labute approximate surface area is 186 Å². The van der Waals surface area contributed by atoms with Gasteiger partial charge < -0.3 is 14.2 Å². The van der Waals surface area contributed by atoms with Crippen molar-refractivity contribution in [2.75, 3.05) is 25.2 Å². The minimum Gasteiger partial charge on any atom is -0.494 e. The van der Waals surface area contributed by atoms with E-state index >= 15 is 0 Å². The molecule has 0 atom stereocenters. The van der Waals surface area contributed by atoms with E-state index in [9.17, 15) is 14.4 Å². The summed E-state index contributed by atoms with van der Waals surface area (Å²) in [6.07, 6.45) is 3.86. The topological polar surface area (TPSA) is 94.2 Å². The number of hydrogen-bond acceptors (Lipinski definition) is 6. The number of barbiturate groups is 1. The number of urea groups is 1. The van der Waals surface area contributed by atoms with E-state index in [-0.39, 0.29) is 5.57 Å². The van der Waals surface area contributed by atoms with Crippen molar-refractivity contribution in [2.45, 2.75) is 13.3 Å². The second kappa shape index (κ2) is 10.3. The Kier molecular flexibility index (Phi) is 7.28. The second-order valence-electron chi connectivity index (χ2n) is 6.81. The van der Waals surface area contributed by atoms with Crippen LogP contribution in [0.5, 0.6) is 17.2 Å². The zero-order chi connectivity index (χ0) is 23.1. The predicted octanol–water partition coefficient (Wildman–Crippen LogP) is 3.72. The first-order chi connectivity index (χ1) is 15.5. The van der Waals surface area contributed by atoms with Crippen LogP contribution < -0.4 is 24.4 Å². The highest BCUT2D eigenvalue weighted by molar-refractivity contribution is 6.39. The number of anilines is 1. The number of benzene rings is 2. The molecule has 32 heavy (non-hydrogen) atoms. The maximum atomic E-state index is 13.0. The van der Waals surface area contributed by atoms with Gasteiger partial charge in [0.2, 0.25) is 0 Å². The second-order valence-corrected chi connectivity index (χ2v) is 6.81. The number of carbonyl (C=O) groups excluding carboxylic acids is 3. The summed E-state index contributed by atoms with van der Waals surface area (Å²) in [5.41, 5.74) is 0.669. The van der Waals surface area contributed by atoms with Crippen molar-refractivity contribution < 1.29 is 28.6 Å². The van der Waals surface area contributed by atoms with Crippen molar-refractivity contribution in [3.05, 3.63) is 66.3 Å². The monoisotopic (exact) mass is 436 g/mol. The Morgan fingerprint density at radius 2 is 1.78 bits per heavy atom. The highest BCUT2D eigenvalue weighted by atomic mass is 16.5. The van der Waals surface area contributed by atoms with Gasteiger partial charge in [0.15, 0.2) is 11.5 Å². The molecule has 1 aliphatic heterocycles. The van der Waals surface area contributed by atoms with Crippen molar-refractivity contribution in [3.63, 3.8) is 0 Å². The third kappa shape index (κ3) is 4.97. The molecule has 0 aliphatic carbocycles. The quantitative estimate of drug-likeness (QED) is 0.366. The third-order valence-electron chi connectivity index (χ3n) is 4.52. The Bertz CT molecular complexity index is 1060. The lowest BCUT2D eigenvalue weighted by molar-refractivity contribution is -0.122. The van der Waals surface area contributed by atoms with Gasteiger partial charge in [-0.3, -0.25) is 14.9 Å². The molecular weight excluding hydrogens is 412 g/mol. The van der Waals surface area contributed by atoms with Crippen molar-refractivity contribution in [2.24, 2.45) is 0 Å². The third-order valence-corrected chi connectivity index (χ3v) is 4.52. The zero-order valence-corrected chi connectivity index (χ0v) is 17.9. The molecule has 2 aromatic carbocycles. The van der Waals surface area contributed by atoms with Crippen molar-refractivity contribution >= 4 is 29.6 Å². The molecule has 1 saturated heterocycles. The van der Waals surface area contributed by atoms with E-state index in [2.05, 4.69) is 11.9 Å². The van der Waals surface area contributed by atoms with Gasteiger partial charge in [-0.05, 0) is 54.5 Å². The molecule has 2 aromatic rings. The standard InChI is InChI=1S/C24H24N2O6/c1-4-12-31-18-9-7-17(8-10-18)26-23(28)19(22(27)25-24(26)29)14-16-6-11-20(32-13-5-2)21(15-16)30-3/h5-11,14-15H,2,4,12-13H2,1,3H3,(H,25,27,29)/b19-14-. The Morgan fingerprint density at radius 3 is 2.44 bits per heavy atom. The molecule has 0 bridgehead atoms. The van der Waals surface area contributed by atoms with Gasteiger partial charge in [-0.25, -0.2) is 9.69 Å². The van der Waals surface area contributed by atoms with Crippen LogP contribution in [0.3, 0.4) is 0 Å².